The van der Waals surface area contributed by atoms with Crippen LogP contribution in [0.5, 0.6) is 11.5 Å². The molecule has 0 radical (unpaired) electrons. The number of aliphatic carboxylic acids is 1. The van der Waals surface area contributed by atoms with Crippen LogP contribution in [0.4, 0.5) is 4.39 Å². The number of hydrogen-bond acceptors (Lipinski definition) is 3. The largest absolute Gasteiger partial charge is 0.481 e. The Morgan fingerprint density at radius 1 is 1.22 bits per heavy atom. The van der Waals surface area contributed by atoms with Crippen molar-refractivity contribution in [1.29, 1.82) is 0 Å². The van der Waals surface area contributed by atoms with Crippen molar-refractivity contribution in [1.82, 2.24) is 0 Å². The summed E-state index contributed by atoms with van der Waals surface area (Å²) in [7, 11) is 0. The molecule has 0 saturated carbocycles. The van der Waals surface area contributed by atoms with Gasteiger partial charge in [-0.15, -0.1) is 11.8 Å². The van der Waals surface area contributed by atoms with Gasteiger partial charge in [0.1, 0.15) is 17.3 Å². The maximum absolute atomic E-state index is 13.8. The lowest BCUT2D eigenvalue weighted by Gasteiger charge is -2.16. The molecular formula is C21H18ClFO3S. The fourth-order valence-electron chi connectivity index (χ4n) is 2.91. The van der Waals surface area contributed by atoms with E-state index in [1.807, 2.05) is 13.0 Å². The van der Waals surface area contributed by atoms with Crippen LogP contribution in [0.3, 0.4) is 0 Å². The predicted molar refractivity (Wildman–Crippen MR) is 108 cm³/mol. The van der Waals surface area contributed by atoms with E-state index in [9.17, 15) is 14.3 Å². The molecule has 0 fully saturated rings. The number of carboxylic acids is 1. The molecule has 0 amide bonds. The summed E-state index contributed by atoms with van der Waals surface area (Å²) in [6.07, 6.45) is -0.137. The standard InChI is InChI=1S/C21H18ClFO3S/c1-3-27-19-7-6-16(11-18(19)22)26-21-12(2)14(9-20(24)25)8-13-4-5-15(23)10-17(13)21/h4-8,10-11H,3,9H2,1-2H3,(H,24,25). The lowest BCUT2D eigenvalue weighted by atomic mass is 9.98. The van der Waals surface area contributed by atoms with Crippen molar-refractivity contribution < 1.29 is 19.0 Å². The molecule has 0 heterocycles. The van der Waals surface area contributed by atoms with E-state index in [0.717, 1.165) is 16.0 Å². The highest BCUT2D eigenvalue weighted by Crippen LogP contribution is 2.38. The van der Waals surface area contributed by atoms with Gasteiger partial charge in [0, 0.05) is 16.3 Å². The summed E-state index contributed by atoms with van der Waals surface area (Å²) in [5.41, 5.74) is 1.29. The molecule has 3 nitrogen and oxygen atoms in total. The lowest BCUT2D eigenvalue weighted by molar-refractivity contribution is -0.136. The fourth-order valence-corrected chi connectivity index (χ4v) is 3.91. The van der Waals surface area contributed by atoms with Crippen LogP contribution in [0.15, 0.2) is 47.4 Å². The molecule has 0 atom stereocenters. The topological polar surface area (TPSA) is 46.5 Å². The third-order valence-corrected chi connectivity index (χ3v) is 5.56. The third kappa shape index (κ3) is 4.37. The molecule has 0 aromatic heterocycles. The Bertz CT molecular complexity index is 1020. The first-order chi connectivity index (χ1) is 12.9. The minimum absolute atomic E-state index is 0.137. The van der Waals surface area contributed by atoms with Gasteiger partial charge in [-0.25, -0.2) is 4.39 Å². The summed E-state index contributed by atoms with van der Waals surface area (Å²) >= 11 is 7.95. The van der Waals surface area contributed by atoms with Crippen LogP contribution < -0.4 is 4.74 Å². The van der Waals surface area contributed by atoms with Gasteiger partial charge in [-0.1, -0.05) is 30.7 Å². The summed E-state index contributed by atoms with van der Waals surface area (Å²) in [5.74, 6) is 0.539. The van der Waals surface area contributed by atoms with Crippen LogP contribution >= 0.6 is 23.4 Å². The lowest BCUT2D eigenvalue weighted by Crippen LogP contribution is -2.03. The molecular weight excluding hydrogens is 387 g/mol. The van der Waals surface area contributed by atoms with Gasteiger partial charge < -0.3 is 9.84 Å². The van der Waals surface area contributed by atoms with Crippen molar-refractivity contribution in [3.63, 3.8) is 0 Å². The first kappa shape index (κ1) is 19.5. The number of hydrogen-bond donors (Lipinski definition) is 1. The first-order valence-corrected chi connectivity index (χ1v) is 9.79. The Labute approximate surface area is 166 Å². The molecule has 3 rings (SSSR count). The Morgan fingerprint density at radius 3 is 2.67 bits per heavy atom. The van der Waals surface area contributed by atoms with Gasteiger partial charge in [-0.05, 0) is 53.5 Å². The van der Waals surface area contributed by atoms with Gasteiger partial charge in [-0.3, -0.25) is 4.79 Å². The molecule has 0 bridgehead atoms. The number of carbonyl (C=O) groups is 1. The zero-order chi connectivity index (χ0) is 19.6. The van der Waals surface area contributed by atoms with Crippen LogP contribution in [-0.2, 0) is 11.2 Å². The minimum Gasteiger partial charge on any atom is -0.481 e. The Morgan fingerprint density at radius 2 is 2.00 bits per heavy atom. The fraction of sp³-hybridized carbons (Fsp3) is 0.190. The molecule has 3 aromatic rings. The van der Waals surface area contributed by atoms with Gasteiger partial charge >= 0.3 is 5.97 Å². The van der Waals surface area contributed by atoms with Gasteiger partial charge in [0.15, 0.2) is 0 Å². The van der Waals surface area contributed by atoms with E-state index >= 15 is 0 Å². The molecule has 1 N–H and O–H groups in total. The van der Waals surface area contributed by atoms with Crippen molar-refractivity contribution in [3.05, 3.63) is 64.4 Å². The second-order valence-corrected chi connectivity index (χ2v) is 7.77. The normalized spacial score (nSPS) is 11.0. The molecule has 6 heteroatoms. The number of ether oxygens (including phenoxy) is 1. The molecule has 0 aliphatic carbocycles. The molecule has 27 heavy (non-hydrogen) atoms. The van der Waals surface area contributed by atoms with E-state index in [2.05, 4.69) is 0 Å². The van der Waals surface area contributed by atoms with Crippen LogP contribution in [0, 0.1) is 12.7 Å². The monoisotopic (exact) mass is 404 g/mol. The van der Waals surface area contributed by atoms with Crippen molar-refractivity contribution in [2.45, 2.75) is 25.2 Å². The van der Waals surface area contributed by atoms with E-state index in [0.29, 0.717) is 33.0 Å². The number of thioether (sulfide) groups is 1. The summed E-state index contributed by atoms with van der Waals surface area (Å²) in [6.45, 7) is 3.82. The molecule has 3 aromatic carbocycles. The minimum atomic E-state index is -0.936. The van der Waals surface area contributed by atoms with Gasteiger partial charge in [0.2, 0.25) is 0 Å². The van der Waals surface area contributed by atoms with Crippen LogP contribution in [0.1, 0.15) is 18.1 Å². The van der Waals surface area contributed by atoms with Crippen molar-refractivity contribution in [2.75, 3.05) is 5.75 Å². The highest BCUT2D eigenvalue weighted by molar-refractivity contribution is 7.99. The van der Waals surface area contributed by atoms with E-state index in [-0.39, 0.29) is 12.2 Å². The number of benzene rings is 3. The second-order valence-electron chi connectivity index (χ2n) is 6.05. The third-order valence-electron chi connectivity index (χ3n) is 4.18. The number of rotatable bonds is 6. The summed E-state index contributed by atoms with van der Waals surface area (Å²) in [5, 5.41) is 11.1. The molecule has 0 unspecified atom stereocenters. The highest BCUT2D eigenvalue weighted by atomic mass is 35.5. The van der Waals surface area contributed by atoms with Crippen molar-refractivity contribution in [2.24, 2.45) is 0 Å². The predicted octanol–water partition coefficient (Wildman–Crippen LogP) is 6.47. The maximum atomic E-state index is 13.8. The van der Waals surface area contributed by atoms with Gasteiger partial charge in [0.05, 0.1) is 11.4 Å². The Kier molecular flexibility index (Phi) is 5.92. The van der Waals surface area contributed by atoms with Crippen molar-refractivity contribution in [3.8, 4) is 11.5 Å². The van der Waals surface area contributed by atoms with Crippen LogP contribution in [0.25, 0.3) is 10.8 Å². The van der Waals surface area contributed by atoms with Gasteiger partial charge in [-0.2, -0.15) is 0 Å². The van der Waals surface area contributed by atoms with Crippen LogP contribution in [-0.4, -0.2) is 16.8 Å². The average molecular weight is 405 g/mol. The quantitative estimate of drug-likeness (QED) is 0.478. The van der Waals surface area contributed by atoms with Crippen molar-refractivity contribution >= 4 is 40.1 Å². The molecule has 140 valence electrons. The molecule has 0 aliphatic heterocycles. The average Bonchev–Trinajstić information content (AvgIpc) is 2.61. The second kappa shape index (κ2) is 8.19. The summed E-state index contributed by atoms with van der Waals surface area (Å²) in [4.78, 5) is 12.2. The molecule has 0 saturated heterocycles. The SMILES string of the molecule is CCSc1ccc(Oc2c(C)c(CC(=O)O)cc3ccc(F)cc23)cc1Cl. The Balaban J connectivity index is 2.11. The molecule has 0 aliphatic rings. The number of halogens is 2. The highest BCUT2D eigenvalue weighted by Gasteiger charge is 2.16. The van der Waals surface area contributed by atoms with Crippen LogP contribution in [0.2, 0.25) is 5.02 Å². The maximum Gasteiger partial charge on any atom is 0.307 e. The summed E-state index contributed by atoms with van der Waals surface area (Å²) in [6, 6.07) is 11.5. The van der Waals surface area contributed by atoms with E-state index < -0.39 is 5.97 Å². The molecule has 0 spiro atoms. The summed E-state index contributed by atoms with van der Waals surface area (Å²) < 4.78 is 19.9. The first-order valence-electron chi connectivity index (χ1n) is 8.42. The zero-order valence-electron chi connectivity index (χ0n) is 14.9. The van der Waals surface area contributed by atoms with E-state index in [4.69, 9.17) is 16.3 Å². The Hall–Kier alpha value is -2.24. The smallest absolute Gasteiger partial charge is 0.307 e. The van der Waals surface area contributed by atoms with E-state index in [1.165, 1.54) is 12.1 Å². The van der Waals surface area contributed by atoms with E-state index in [1.54, 1.807) is 43.0 Å². The van der Waals surface area contributed by atoms with Gasteiger partial charge in [0.25, 0.3) is 0 Å². The number of fused-ring (bicyclic) bond motifs is 1. The number of carboxylic acid groups (broad SMARTS) is 1. The zero-order valence-corrected chi connectivity index (χ0v) is 16.5.